The smallest absolute Gasteiger partial charge is 0.159 e. The van der Waals surface area contributed by atoms with Crippen molar-refractivity contribution in [2.24, 2.45) is 0 Å². The third kappa shape index (κ3) is 3.55. The Bertz CT molecular complexity index is 620. The highest BCUT2D eigenvalue weighted by Crippen LogP contribution is 2.21. The summed E-state index contributed by atoms with van der Waals surface area (Å²) >= 11 is 1.56. The molecule has 0 aromatic heterocycles. The molecule has 4 heteroatoms. The Balaban J connectivity index is 1.97. The summed E-state index contributed by atoms with van der Waals surface area (Å²) in [6.07, 6.45) is 0. The van der Waals surface area contributed by atoms with Gasteiger partial charge in [-0.2, -0.15) is 17.0 Å². The summed E-state index contributed by atoms with van der Waals surface area (Å²) in [4.78, 5) is 0. The Labute approximate surface area is 114 Å². The van der Waals surface area contributed by atoms with Crippen LogP contribution in [0.1, 0.15) is 16.7 Å². The SMILES string of the molecule is N#Cc1ccccc1CSCc1ccc(F)c(F)c1. The summed E-state index contributed by atoms with van der Waals surface area (Å²) < 4.78 is 25.8. The first-order chi connectivity index (χ1) is 9.20. The van der Waals surface area contributed by atoms with Gasteiger partial charge in [0.25, 0.3) is 0 Å². The van der Waals surface area contributed by atoms with E-state index in [9.17, 15) is 8.78 Å². The van der Waals surface area contributed by atoms with Crippen LogP contribution < -0.4 is 0 Å². The number of hydrogen-bond donors (Lipinski definition) is 0. The van der Waals surface area contributed by atoms with Gasteiger partial charge in [0.05, 0.1) is 11.6 Å². The molecule has 0 bridgehead atoms. The van der Waals surface area contributed by atoms with Crippen LogP contribution in [0.2, 0.25) is 0 Å². The van der Waals surface area contributed by atoms with Crippen LogP contribution in [0.4, 0.5) is 8.78 Å². The largest absolute Gasteiger partial charge is 0.204 e. The summed E-state index contributed by atoms with van der Waals surface area (Å²) in [5, 5.41) is 8.95. The van der Waals surface area contributed by atoms with Crippen molar-refractivity contribution in [1.82, 2.24) is 0 Å². The Morgan fingerprint density at radius 2 is 1.79 bits per heavy atom. The second-order valence-electron chi connectivity index (χ2n) is 4.01. The highest BCUT2D eigenvalue weighted by atomic mass is 32.2. The van der Waals surface area contributed by atoms with E-state index in [1.807, 2.05) is 18.2 Å². The molecule has 0 saturated carbocycles. The van der Waals surface area contributed by atoms with Crippen molar-refractivity contribution in [2.45, 2.75) is 11.5 Å². The first-order valence-electron chi connectivity index (χ1n) is 5.70. The summed E-state index contributed by atoms with van der Waals surface area (Å²) in [6, 6.07) is 13.4. The molecule has 0 N–H and O–H groups in total. The Hall–Kier alpha value is -1.86. The second-order valence-corrected chi connectivity index (χ2v) is 5.00. The molecule has 2 aromatic carbocycles. The van der Waals surface area contributed by atoms with Gasteiger partial charge in [-0.3, -0.25) is 0 Å². The fourth-order valence-corrected chi connectivity index (χ4v) is 2.65. The number of halogens is 2. The van der Waals surface area contributed by atoms with E-state index in [1.165, 1.54) is 6.07 Å². The van der Waals surface area contributed by atoms with Crippen LogP contribution in [-0.4, -0.2) is 0 Å². The second kappa shape index (κ2) is 6.35. The Morgan fingerprint density at radius 1 is 1.00 bits per heavy atom. The summed E-state index contributed by atoms with van der Waals surface area (Å²) in [5.74, 6) is -0.404. The average Bonchev–Trinajstić information content (AvgIpc) is 2.43. The third-order valence-corrected chi connectivity index (χ3v) is 3.70. The number of nitrogens with zero attached hydrogens (tertiary/aromatic N) is 1. The van der Waals surface area contributed by atoms with Crippen molar-refractivity contribution >= 4 is 11.8 Å². The predicted octanol–water partition coefficient (Wildman–Crippen LogP) is 4.27. The molecule has 0 unspecified atom stereocenters. The Morgan fingerprint density at radius 3 is 2.53 bits per heavy atom. The maximum Gasteiger partial charge on any atom is 0.159 e. The molecular formula is C15H11F2NS. The number of benzene rings is 2. The minimum Gasteiger partial charge on any atom is -0.204 e. The minimum absolute atomic E-state index is 0.580. The molecule has 19 heavy (non-hydrogen) atoms. The van der Waals surface area contributed by atoms with Gasteiger partial charge in [-0.1, -0.05) is 24.3 Å². The standard InChI is InChI=1S/C15H11F2NS/c16-14-6-5-11(7-15(14)17)9-19-10-13-4-2-1-3-12(13)8-18/h1-7H,9-10H2. The third-order valence-electron chi connectivity index (χ3n) is 2.65. The van der Waals surface area contributed by atoms with Crippen LogP contribution in [0.15, 0.2) is 42.5 Å². The minimum atomic E-state index is -0.830. The summed E-state index contributed by atoms with van der Waals surface area (Å²) in [6.45, 7) is 0. The summed E-state index contributed by atoms with van der Waals surface area (Å²) in [7, 11) is 0. The molecule has 0 aliphatic carbocycles. The maximum atomic E-state index is 13.0. The molecule has 1 nitrogen and oxygen atoms in total. The number of rotatable bonds is 4. The molecular weight excluding hydrogens is 264 g/mol. The fourth-order valence-electron chi connectivity index (χ4n) is 1.66. The lowest BCUT2D eigenvalue weighted by Crippen LogP contribution is -1.90. The van der Waals surface area contributed by atoms with Gasteiger partial charge in [0, 0.05) is 11.5 Å². The highest BCUT2D eigenvalue weighted by molar-refractivity contribution is 7.97. The number of nitriles is 1. The Kier molecular flexibility index (Phi) is 4.53. The van der Waals surface area contributed by atoms with E-state index in [0.29, 0.717) is 17.1 Å². The maximum absolute atomic E-state index is 13.0. The zero-order valence-electron chi connectivity index (χ0n) is 10.1. The van der Waals surface area contributed by atoms with E-state index in [-0.39, 0.29) is 0 Å². The van der Waals surface area contributed by atoms with Gasteiger partial charge in [0.2, 0.25) is 0 Å². The van der Waals surface area contributed by atoms with Crippen molar-refractivity contribution in [3.05, 3.63) is 70.8 Å². The lowest BCUT2D eigenvalue weighted by molar-refractivity contribution is 0.507. The zero-order valence-corrected chi connectivity index (χ0v) is 10.9. The van der Waals surface area contributed by atoms with Crippen molar-refractivity contribution in [2.75, 3.05) is 0 Å². The quantitative estimate of drug-likeness (QED) is 0.832. The average molecular weight is 275 g/mol. The summed E-state index contributed by atoms with van der Waals surface area (Å²) in [5.41, 5.74) is 2.34. The van der Waals surface area contributed by atoms with Crippen LogP contribution in [0.5, 0.6) is 0 Å². The van der Waals surface area contributed by atoms with Crippen LogP contribution in [0.3, 0.4) is 0 Å². The molecule has 2 aromatic rings. The topological polar surface area (TPSA) is 23.8 Å². The lowest BCUT2D eigenvalue weighted by atomic mass is 10.1. The van der Waals surface area contributed by atoms with E-state index in [2.05, 4.69) is 6.07 Å². The van der Waals surface area contributed by atoms with Crippen molar-refractivity contribution in [1.29, 1.82) is 5.26 Å². The molecule has 0 amide bonds. The van der Waals surface area contributed by atoms with E-state index < -0.39 is 11.6 Å². The van der Waals surface area contributed by atoms with Crippen LogP contribution in [0, 0.1) is 23.0 Å². The van der Waals surface area contributed by atoms with Gasteiger partial charge in [-0.15, -0.1) is 0 Å². The van der Waals surface area contributed by atoms with E-state index in [1.54, 1.807) is 23.9 Å². The fraction of sp³-hybridized carbons (Fsp3) is 0.133. The van der Waals surface area contributed by atoms with Gasteiger partial charge in [0.15, 0.2) is 11.6 Å². The molecule has 0 atom stereocenters. The van der Waals surface area contributed by atoms with E-state index in [4.69, 9.17) is 5.26 Å². The molecule has 0 saturated heterocycles. The molecule has 0 radical (unpaired) electrons. The molecule has 96 valence electrons. The van der Waals surface area contributed by atoms with Gasteiger partial charge in [-0.05, 0) is 29.3 Å². The number of thioether (sulfide) groups is 1. The molecule has 2 rings (SSSR count). The van der Waals surface area contributed by atoms with Crippen molar-refractivity contribution < 1.29 is 8.78 Å². The molecule has 0 aliphatic rings. The van der Waals surface area contributed by atoms with Gasteiger partial charge < -0.3 is 0 Å². The van der Waals surface area contributed by atoms with Crippen LogP contribution in [-0.2, 0) is 11.5 Å². The zero-order chi connectivity index (χ0) is 13.7. The van der Waals surface area contributed by atoms with Gasteiger partial charge in [-0.25, -0.2) is 8.78 Å². The molecule has 0 aliphatic heterocycles. The predicted molar refractivity (Wildman–Crippen MR) is 72.5 cm³/mol. The first-order valence-corrected chi connectivity index (χ1v) is 6.86. The van der Waals surface area contributed by atoms with E-state index >= 15 is 0 Å². The lowest BCUT2D eigenvalue weighted by Gasteiger charge is -2.04. The number of hydrogen-bond acceptors (Lipinski definition) is 2. The van der Waals surface area contributed by atoms with Gasteiger partial charge in [0.1, 0.15) is 0 Å². The molecule has 0 fully saturated rings. The monoisotopic (exact) mass is 275 g/mol. The van der Waals surface area contributed by atoms with E-state index in [0.717, 1.165) is 17.2 Å². The molecule has 0 heterocycles. The first kappa shape index (κ1) is 13.6. The van der Waals surface area contributed by atoms with Crippen LogP contribution in [0.25, 0.3) is 0 Å². The van der Waals surface area contributed by atoms with Crippen molar-refractivity contribution in [3.63, 3.8) is 0 Å². The highest BCUT2D eigenvalue weighted by Gasteiger charge is 2.04. The molecule has 0 spiro atoms. The van der Waals surface area contributed by atoms with Crippen LogP contribution >= 0.6 is 11.8 Å². The normalized spacial score (nSPS) is 10.2. The van der Waals surface area contributed by atoms with Gasteiger partial charge >= 0.3 is 0 Å². The van der Waals surface area contributed by atoms with Crippen molar-refractivity contribution in [3.8, 4) is 6.07 Å².